The number of alkyl halides is 1. The minimum absolute atomic E-state index is 0.0604. The molecule has 1 unspecified atom stereocenters. The third-order valence-electron chi connectivity index (χ3n) is 2.39. The van der Waals surface area contributed by atoms with Gasteiger partial charge in [0.05, 0.1) is 0 Å². The van der Waals surface area contributed by atoms with Gasteiger partial charge in [0.1, 0.15) is 0 Å². The summed E-state index contributed by atoms with van der Waals surface area (Å²) in [5.74, 6) is 0.338. The van der Waals surface area contributed by atoms with E-state index in [9.17, 15) is 4.79 Å². The fourth-order valence-corrected chi connectivity index (χ4v) is 2.27. The Morgan fingerprint density at radius 1 is 1.38 bits per heavy atom. The molecule has 1 N–H and O–H groups in total. The molecule has 0 bridgehead atoms. The molecule has 4 heteroatoms. The second kappa shape index (κ2) is 6.26. The van der Waals surface area contributed by atoms with E-state index in [2.05, 4.69) is 35.1 Å². The quantitative estimate of drug-likeness (QED) is 0.848. The first-order valence-corrected chi connectivity index (χ1v) is 6.67. The lowest BCUT2D eigenvalue weighted by molar-refractivity contribution is 0.0932. The van der Waals surface area contributed by atoms with Crippen LogP contribution >= 0.6 is 27.5 Å². The Morgan fingerprint density at radius 3 is 2.38 bits per heavy atom. The molecule has 0 heterocycles. The molecule has 1 amide bonds. The molecule has 1 rings (SSSR count). The zero-order valence-electron chi connectivity index (χ0n) is 9.34. The zero-order valence-corrected chi connectivity index (χ0v) is 11.7. The first kappa shape index (κ1) is 13.5. The zero-order chi connectivity index (χ0) is 12.1. The summed E-state index contributed by atoms with van der Waals surface area (Å²) in [6.07, 6.45) is 0. The van der Waals surface area contributed by atoms with Crippen molar-refractivity contribution >= 4 is 33.4 Å². The van der Waals surface area contributed by atoms with Gasteiger partial charge in [0.25, 0.3) is 5.91 Å². The highest BCUT2D eigenvalue weighted by molar-refractivity contribution is 9.09. The van der Waals surface area contributed by atoms with Gasteiger partial charge in [0.2, 0.25) is 0 Å². The maximum absolute atomic E-state index is 11.9. The van der Waals surface area contributed by atoms with Crippen LogP contribution in [0, 0.1) is 5.92 Å². The standard InChI is InChI=1S/C12H15BrClNO/c1-8(2)11(7-13)15-12(16)9-3-5-10(14)6-4-9/h3-6,8,11H,7H2,1-2H3,(H,15,16). The van der Waals surface area contributed by atoms with E-state index in [-0.39, 0.29) is 11.9 Å². The minimum Gasteiger partial charge on any atom is -0.348 e. The molecule has 0 saturated heterocycles. The second-order valence-corrected chi connectivity index (χ2v) is 5.07. The van der Waals surface area contributed by atoms with Gasteiger partial charge in [-0.15, -0.1) is 0 Å². The van der Waals surface area contributed by atoms with Crippen LogP contribution in [0.25, 0.3) is 0 Å². The number of nitrogens with one attached hydrogen (secondary N) is 1. The fourth-order valence-electron chi connectivity index (χ4n) is 1.24. The molecule has 0 radical (unpaired) electrons. The van der Waals surface area contributed by atoms with Crippen molar-refractivity contribution in [1.29, 1.82) is 0 Å². The molecule has 88 valence electrons. The monoisotopic (exact) mass is 303 g/mol. The number of hydrogen-bond donors (Lipinski definition) is 1. The lowest BCUT2D eigenvalue weighted by Gasteiger charge is -2.19. The van der Waals surface area contributed by atoms with Crippen LogP contribution in [0.5, 0.6) is 0 Å². The van der Waals surface area contributed by atoms with Crippen LogP contribution in [0.4, 0.5) is 0 Å². The van der Waals surface area contributed by atoms with E-state index in [4.69, 9.17) is 11.6 Å². The van der Waals surface area contributed by atoms with Crippen LogP contribution in [0.15, 0.2) is 24.3 Å². The smallest absolute Gasteiger partial charge is 0.251 e. The van der Waals surface area contributed by atoms with E-state index in [1.807, 2.05) is 0 Å². The molecule has 0 aromatic heterocycles. The van der Waals surface area contributed by atoms with E-state index >= 15 is 0 Å². The molecule has 1 aromatic carbocycles. The molecule has 16 heavy (non-hydrogen) atoms. The van der Waals surface area contributed by atoms with Crippen LogP contribution in [-0.2, 0) is 0 Å². The molecule has 0 spiro atoms. The lowest BCUT2D eigenvalue weighted by atomic mass is 10.1. The van der Waals surface area contributed by atoms with Crippen molar-refractivity contribution in [2.45, 2.75) is 19.9 Å². The second-order valence-electron chi connectivity index (χ2n) is 3.99. The van der Waals surface area contributed by atoms with E-state index in [1.54, 1.807) is 24.3 Å². The first-order chi connectivity index (χ1) is 7.54. The van der Waals surface area contributed by atoms with Crippen molar-refractivity contribution in [3.05, 3.63) is 34.9 Å². The van der Waals surface area contributed by atoms with Gasteiger partial charge in [-0.1, -0.05) is 41.4 Å². The average molecular weight is 305 g/mol. The van der Waals surface area contributed by atoms with Crippen LogP contribution in [0.2, 0.25) is 5.02 Å². The van der Waals surface area contributed by atoms with Crippen molar-refractivity contribution in [3.8, 4) is 0 Å². The summed E-state index contributed by atoms with van der Waals surface area (Å²) in [6, 6.07) is 7.03. The van der Waals surface area contributed by atoms with E-state index in [0.29, 0.717) is 16.5 Å². The molecule has 2 nitrogen and oxygen atoms in total. The Morgan fingerprint density at radius 2 is 1.94 bits per heavy atom. The summed E-state index contributed by atoms with van der Waals surface area (Å²) in [6.45, 7) is 4.15. The van der Waals surface area contributed by atoms with Gasteiger partial charge in [-0.05, 0) is 30.2 Å². The Hall–Kier alpha value is -0.540. The normalized spacial score (nSPS) is 12.6. The first-order valence-electron chi connectivity index (χ1n) is 5.17. The van der Waals surface area contributed by atoms with Gasteiger partial charge in [0.15, 0.2) is 0 Å². The highest BCUT2D eigenvalue weighted by atomic mass is 79.9. The summed E-state index contributed by atoms with van der Waals surface area (Å²) in [5, 5.41) is 4.36. The summed E-state index contributed by atoms with van der Waals surface area (Å²) in [4.78, 5) is 11.9. The predicted octanol–water partition coefficient (Wildman–Crippen LogP) is 3.49. The van der Waals surface area contributed by atoms with Gasteiger partial charge in [-0.25, -0.2) is 0 Å². The number of benzene rings is 1. The molecule has 0 aliphatic heterocycles. The SMILES string of the molecule is CC(C)C(CBr)NC(=O)c1ccc(Cl)cc1. The van der Waals surface area contributed by atoms with E-state index in [1.165, 1.54) is 0 Å². The Labute approximate surface area is 110 Å². The summed E-state index contributed by atoms with van der Waals surface area (Å²) in [5.41, 5.74) is 0.635. The maximum atomic E-state index is 11.9. The topological polar surface area (TPSA) is 29.1 Å². The molecule has 0 saturated carbocycles. The van der Waals surface area contributed by atoms with E-state index in [0.717, 1.165) is 5.33 Å². The van der Waals surface area contributed by atoms with Crippen LogP contribution in [0.1, 0.15) is 24.2 Å². The predicted molar refractivity (Wildman–Crippen MR) is 71.3 cm³/mol. The van der Waals surface area contributed by atoms with Crippen molar-refractivity contribution in [3.63, 3.8) is 0 Å². The van der Waals surface area contributed by atoms with Crippen molar-refractivity contribution in [1.82, 2.24) is 5.32 Å². The number of hydrogen-bond acceptors (Lipinski definition) is 1. The number of amides is 1. The highest BCUT2D eigenvalue weighted by Gasteiger charge is 2.15. The fraction of sp³-hybridized carbons (Fsp3) is 0.417. The average Bonchev–Trinajstić information content (AvgIpc) is 2.26. The van der Waals surface area contributed by atoms with Crippen molar-refractivity contribution in [2.24, 2.45) is 5.92 Å². The number of carbonyl (C=O) groups is 1. The van der Waals surface area contributed by atoms with Crippen LogP contribution in [-0.4, -0.2) is 17.3 Å². The Balaban J connectivity index is 2.68. The van der Waals surface area contributed by atoms with Gasteiger partial charge in [-0.2, -0.15) is 0 Å². The molecule has 0 fully saturated rings. The number of carbonyl (C=O) groups excluding carboxylic acids is 1. The maximum Gasteiger partial charge on any atom is 0.251 e. The van der Waals surface area contributed by atoms with Gasteiger partial charge >= 0.3 is 0 Å². The Bertz CT molecular complexity index is 351. The molecule has 1 aromatic rings. The van der Waals surface area contributed by atoms with Gasteiger partial charge in [0, 0.05) is 22.0 Å². The third kappa shape index (κ3) is 3.80. The molecular formula is C12H15BrClNO. The van der Waals surface area contributed by atoms with Crippen LogP contribution in [0.3, 0.4) is 0 Å². The lowest BCUT2D eigenvalue weighted by Crippen LogP contribution is -2.39. The summed E-state index contributed by atoms with van der Waals surface area (Å²) in [7, 11) is 0. The van der Waals surface area contributed by atoms with Gasteiger partial charge in [-0.3, -0.25) is 4.79 Å². The minimum atomic E-state index is -0.0604. The molecule has 1 atom stereocenters. The molecule has 0 aliphatic rings. The molecule has 0 aliphatic carbocycles. The van der Waals surface area contributed by atoms with E-state index < -0.39 is 0 Å². The van der Waals surface area contributed by atoms with Crippen LogP contribution < -0.4 is 5.32 Å². The third-order valence-corrected chi connectivity index (χ3v) is 3.34. The summed E-state index contributed by atoms with van der Waals surface area (Å²) >= 11 is 9.15. The number of rotatable bonds is 4. The molecular weight excluding hydrogens is 289 g/mol. The van der Waals surface area contributed by atoms with Gasteiger partial charge < -0.3 is 5.32 Å². The summed E-state index contributed by atoms with van der Waals surface area (Å²) < 4.78 is 0. The van der Waals surface area contributed by atoms with Crippen molar-refractivity contribution < 1.29 is 4.79 Å². The number of halogens is 2. The largest absolute Gasteiger partial charge is 0.348 e. The highest BCUT2D eigenvalue weighted by Crippen LogP contribution is 2.11. The van der Waals surface area contributed by atoms with Crippen molar-refractivity contribution in [2.75, 3.05) is 5.33 Å². The Kier molecular flexibility index (Phi) is 5.29.